The number of aliphatic hydroxyl groups is 1. The zero-order valence-electron chi connectivity index (χ0n) is 13.5. The molecular weight excluding hydrogens is 348 g/mol. The van der Waals surface area contributed by atoms with Crippen LogP contribution in [0.25, 0.3) is 0 Å². The number of piperidine rings is 1. The molecule has 2 aromatic heterocycles. The van der Waals surface area contributed by atoms with Gasteiger partial charge < -0.3 is 19.7 Å². The highest BCUT2D eigenvalue weighted by Crippen LogP contribution is 2.37. The highest BCUT2D eigenvalue weighted by molar-refractivity contribution is 7.10. The van der Waals surface area contributed by atoms with Crippen molar-refractivity contribution in [3.63, 3.8) is 0 Å². The van der Waals surface area contributed by atoms with Crippen LogP contribution in [0.2, 0.25) is 0 Å². The fraction of sp³-hybridized carbons (Fsp3) is 0.533. The van der Waals surface area contributed by atoms with E-state index in [4.69, 9.17) is 5.11 Å². The van der Waals surface area contributed by atoms with Gasteiger partial charge >= 0.3 is 6.09 Å². The van der Waals surface area contributed by atoms with E-state index in [1.54, 1.807) is 24.6 Å². The van der Waals surface area contributed by atoms with E-state index in [9.17, 15) is 9.90 Å². The van der Waals surface area contributed by atoms with E-state index in [2.05, 4.69) is 9.98 Å². The van der Waals surface area contributed by atoms with Crippen LogP contribution < -0.4 is 4.80 Å². The Kier molecular flexibility index (Phi) is 5.02. The van der Waals surface area contributed by atoms with Crippen LogP contribution in [0, 0.1) is 0 Å². The summed E-state index contributed by atoms with van der Waals surface area (Å²) in [6.45, 7) is 1.04. The first-order valence-corrected chi connectivity index (χ1v) is 9.40. The number of rotatable bonds is 3. The van der Waals surface area contributed by atoms with E-state index >= 15 is 0 Å². The molecule has 3 heterocycles. The van der Waals surface area contributed by atoms with Gasteiger partial charge in [-0.3, -0.25) is 4.99 Å². The van der Waals surface area contributed by atoms with E-state index < -0.39 is 12.2 Å². The second-order valence-corrected chi connectivity index (χ2v) is 7.67. The van der Waals surface area contributed by atoms with Crippen LogP contribution in [0.4, 0.5) is 4.79 Å². The van der Waals surface area contributed by atoms with Crippen LogP contribution in [-0.2, 0) is 7.05 Å². The molecule has 1 aliphatic heterocycles. The zero-order chi connectivity index (χ0) is 17.3. The smallest absolute Gasteiger partial charge is 0.407 e. The minimum Gasteiger partial charge on any atom is -0.465 e. The molecule has 0 spiro atoms. The van der Waals surface area contributed by atoms with Crippen LogP contribution in [-0.4, -0.2) is 50.9 Å². The summed E-state index contributed by atoms with van der Waals surface area (Å²) in [5, 5.41) is 22.4. The normalized spacial score (nSPS) is 18.1. The number of carboxylic acid groups (broad SMARTS) is 1. The Labute approximate surface area is 147 Å². The number of aromatic nitrogens is 2. The van der Waals surface area contributed by atoms with Crippen molar-refractivity contribution < 1.29 is 15.0 Å². The predicted molar refractivity (Wildman–Crippen MR) is 92.5 cm³/mol. The minimum atomic E-state index is -0.863. The topological polar surface area (TPSA) is 91.0 Å². The standard InChI is InChI=1S/C15H20N4O3S2/c1-16-14-18(2)10(11(20)13-17-5-8-23-13)12(24-14)9-3-6-19(7-4-9)15(21)22/h5,8-9,11,20H,3-4,6-7H2,1-2H3,(H,21,22)/b16-14-. The molecule has 2 aromatic rings. The Bertz CT molecular complexity index is 773. The Morgan fingerprint density at radius 2 is 2.17 bits per heavy atom. The summed E-state index contributed by atoms with van der Waals surface area (Å²) < 4.78 is 1.93. The predicted octanol–water partition coefficient (Wildman–Crippen LogP) is 2.01. The first-order chi connectivity index (χ1) is 11.5. The van der Waals surface area contributed by atoms with Crippen LogP contribution in [0.1, 0.15) is 40.4 Å². The molecule has 3 rings (SSSR count). The maximum Gasteiger partial charge on any atom is 0.407 e. The van der Waals surface area contributed by atoms with Gasteiger partial charge in [0, 0.05) is 43.6 Å². The first kappa shape index (κ1) is 17.1. The quantitative estimate of drug-likeness (QED) is 0.867. The van der Waals surface area contributed by atoms with Gasteiger partial charge in [-0.1, -0.05) is 0 Å². The fourth-order valence-corrected chi connectivity index (χ4v) is 5.02. The van der Waals surface area contributed by atoms with Crippen LogP contribution in [0.3, 0.4) is 0 Å². The monoisotopic (exact) mass is 368 g/mol. The number of carbonyl (C=O) groups is 1. The van der Waals surface area contributed by atoms with E-state index in [-0.39, 0.29) is 5.92 Å². The molecule has 130 valence electrons. The summed E-state index contributed by atoms with van der Waals surface area (Å²) in [6.07, 6.45) is 1.55. The zero-order valence-corrected chi connectivity index (χ0v) is 15.2. The molecule has 24 heavy (non-hydrogen) atoms. The molecule has 9 heteroatoms. The fourth-order valence-electron chi connectivity index (χ4n) is 3.11. The largest absolute Gasteiger partial charge is 0.465 e. The first-order valence-electron chi connectivity index (χ1n) is 7.70. The van der Waals surface area contributed by atoms with Gasteiger partial charge in [-0.25, -0.2) is 9.78 Å². The number of likely N-dealkylation sites (tertiary alicyclic amines) is 1. The second-order valence-electron chi connectivity index (χ2n) is 5.73. The summed E-state index contributed by atoms with van der Waals surface area (Å²) in [7, 11) is 3.64. The molecule has 0 radical (unpaired) electrons. The summed E-state index contributed by atoms with van der Waals surface area (Å²) in [5.74, 6) is 0.233. The summed E-state index contributed by atoms with van der Waals surface area (Å²) in [4.78, 5) is 23.0. The van der Waals surface area contributed by atoms with Crippen molar-refractivity contribution in [1.82, 2.24) is 14.5 Å². The van der Waals surface area contributed by atoms with Crippen molar-refractivity contribution in [1.29, 1.82) is 0 Å². The number of hydrogen-bond acceptors (Lipinski definition) is 6. The van der Waals surface area contributed by atoms with Gasteiger partial charge in [0.2, 0.25) is 0 Å². The molecule has 0 aromatic carbocycles. The van der Waals surface area contributed by atoms with E-state index in [0.717, 1.165) is 28.2 Å². The van der Waals surface area contributed by atoms with Gasteiger partial charge in [-0.05, 0) is 18.8 Å². The third-order valence-corrected chi connectivity index (χ3v) is 6.60. The maximum absolute atomic E-state index is 11.1. The van der Waals surface area contributed by atoms with Crippen LogP contribution in [0.5, 0.6) is 0 Å². The Morgan fingerprint density at radius 3 is 2.71 bits per heavy atom. The Morgan fingerprint density at radius 1 is 1.46 bits per heavy atom. The summed E-state index contributed by atoms with van der Waals surface area (Å²) in [5.41, 5.74) is 0.823. The number of nitrogens with zero attached hydrogens (tertiary/aromatic N) is 4. The van der Waals surface area contributed by atoms with Gasteiger partial charge in [0.05, 0.1) is 5.69 Å². The molecular formula is C15H20N4O3S2. The Balaban J connectivity index is 1.95. The van der Waals surface area contributed by atoms with Crippen molar-refractivity contribution in [2.45, 2.75) is 24.9 Å². The lowest BCUT2D eigenvalue weighted by molar-refractivity contribution is 0.131. The highest BCUT2D eigenvalue weighted by atomic mass is 32.1. The molecule has 0 saturated carbocycles. The van der Waals surface area contributed by atoms with Crippen molar-refractivity contribution in [3.8, 4) is 0 Å². The van der Waals surface area contributed by atoms with E-state index in [1.807, 2.05) is 17.0 Å². The lowest BCUT2D eigenvalue weighted by Gasteiger charge is -2.30. The molecule has 1 fully saturated rings. The number of aliphatic hydroxyl groups excluding tert-OH is 1. The highest BCUT2D eigenvalue weighted by Gasteiger charge is 2.30. The number of thiazole rings is 2. The van der Waals surface area contributed by atoms with Crippen LogP contribution in [0.15, 0.2) is 16.6 Å². The molecule has 1 amide bonds. The molecule has 1 aliphatic rings. The van der Waals surface area contributed by atoms with Crippen LogP contribution >= 0.6 is 22.7 Å². The molecule has 0 bridgehead atoms. The van der Waals surface area contributed by atoms with Crippen molar-refractivity contribution in [2.75, 3.05) is 20.1 Å². The maximum atomic E-state index is 11.1. The molecule has 1 unspecified atom stereocenters. The molecule has 7 nitrogen and oxygen atoms in total. The third kappa shape index (κ3) is 3.11. The van der Waals surface area contributed by atoms with E-state index in [0.29, 0.717) is 18.1 Å². The molecule has 1 saturated heterocycles. The van der Waals surface area contributed by atoms with Gasteiger partial charge in [-0.2, -0.15) is 0 Å². The van der Waals surface area contributed by atoms with E-state index in [1.165, 1.54) is 16.2 Å². The average molecular weight is 368 g/mol. The lowest BCUT2D eigenvalue weighted by atomic mass is 9.93. The molecule has 2 N–H and O–H groups in total. The third-order valence-electron chi connectivity index (χ3n) is 4.37. The number of hydrogen-bond donors (Lipinski definition) is 2. The van der Waals surface area contributed by atoms with Crippen molar-refractivity contribution in [2.24, 2.45) is 12.0 Å². The van der Waals surface area contributed by atoms with Gasteiger partial charge in [0.25, 0.3) is 0 Å². The molecule has 0 aliphatic carbocycles. The summed E-state index contributed by atoms with van der Waals surface area (Å²) >= 11 is 3.00. The van der Waals surface area contributed by atoms with Gasteiger partial charge in [0.15, 0.2) is 4.80 Å². The van der Waals surface area contributed by atoms with Crippen molar-refractivity contribution in [3.05, 3.63) is 32.0 Å². The SMILES string of the molecule is C/N=c1\sc(C2CCN(C(=O)O)CC2)c(C(O)c2nccs2)n1C. The van der Waals surface area contributed by atoms with Gasteiger partial charge in [0.1, 0.15) is 11.1 Å². The average Bonchev–Trinajstić information content (AvgIpc) is 3.22. The second kappa shape index (κ2) is 7.04. The lowest BCUT2D eigenvalue weighted by Crippen LogP contribution is -2.36. The summed E-state index contributed by atoms with van der Waals surface area (Å²) in [6, 6.07) is 0. The van der Waals surface area contributed by atoms with Crippen molar-refractivity contribution >= 4 is 28.8 Å². The molecule has 1 atom stereocenters. The van der Waals surface area contributed by atoms with Gasteiger partial charge in [-0.15, -0.1) is 22.7 Å². The number of amides is 1. The Hall–Kier alpha value is -1.71. The minimum absolute atomic E-state index is 0.233.